The lowest BCUT2D eigenvalue weighted by Gasteiger charge is -2.16. The molecule has 0 radical (unpaired) electrons. The first-order valence-corrected chi connectivity index (χ1v) is 5.70. The summed E-state index contributed by atoms with van der Waals surface area (Å²) in [4.78, 5) is 4.25. The Labute approximate surface area is 102 Å². The Kier molecular flexibility index (Phi) is 3.24. The molecule has 17 heavy (non-hydrogen) atoms. The average Bonchev–Trinajstić information content (AvgIpc) is 2.59. The van der Waals surface area contributed by atoms with Crippen molar-refractivity contribution in [2.24, 2.45) is 7.05 Å². The van der Waals surface area contributed by atoms with Crippen molar-refractivity contribution in [3.8, 4) is 0 Å². The van der Waals surface area contributed by atoms with E-state index in [1.54, 1.807) is 0 Å². The van der Waals surface area contributed by atoms with Crippen molar-refractivity contribution in [1.82, 2.24) is 20.1 Å². The van der Waals surface area contributed by atoms with Crippen LogP contribution >= 0.6 is 0 Å². The Morgan fingerprint density at radius 2 is 2.06 bits per heavy atom. The Morgan fingerprint density at radius 3 is 2.59 bits per heavy atom. The van der Waals surface area contributed by atoms with E-state index < -0.39 is 0 Å². The summed E-state index contributed by atoms with van der Waals surface area (Å²) >= 11 is 0. The zero-order valence-corrected chi connectivity index (χ0v) is 10.7. The second kappa shape index (κ2) is 4.67. The van der Waals surface area contributed by atoms with Crippen molar-refractivity contribution in [2.75, 3.05) is 7.05 Å². The molecule has 2 aromatic heterocycles. The maximum atomic E-state index is 4.38. The van der Waals surface area contributed by atoms with E-state index in [-0.39, 0.29) is 6.04 Å². The Hall–Kier alpha value is -1.68. The maximum Gasteiger partial charge on any atom is 0.0644 e. The van der Waals surface area contributed by atoms with Gasteiger partial charge in [0.25, 0.3) is 0 Å². The van der Waals surface area contributed by atoms with Gasteiger partial charge < -0.3 is 5.32 Å². The average molecular weight is 230 g/mol. The van der Waals surface area contributed by atoms with Gasteiger partial charge in [0, 0.05) is 31.2 Å². The molecule has 1 unspecified atom stereocenters. The molecule has 0 aliphatic heterocycles. The molecule has 1 atom stereocenters. The van der Waals surface area contributed by atoms with Gasteiger partial charge in [-0.05, 0) is 32.0 Å². The van der Waals surface area contributed by atoms with Crippen LogP contribution in [0.4, 0.5) is 0 Å². The molecule has 0 aromatic carbocycles. The number of nitrogens with one attached hydrogen (secondary N) is 1. The maximum absolute atomic E-state index is 4.38. The largest absolute Gasteiger partial charge is 0.309 e. The molecule has 4 nitrogen and oxygen atoms in total. The van der Waals surface area contributed by atoms with Crippen LogP contribution in [0.3, 0.4) is 0 Å². The number of nitrogens with zero attached hydrogens (tertiary/aromatic N) is 3. The van der Waals surface area contributed by atoms with Gasteiger partial charge in [-0.25, -0.2) is 0 Å². The fraction of sp³-hybridized carbons (Fsp3) is 0.385. The standard InChI is InChI=1S/C13H18N4/c1-9-5-11(7-15-6-9)13(14-3)12-8-17(4)16-10(12)2/h5-8,13-14H,1-4H3. The fourth-order valence-electron chi connectivity index (χ4n) is 2.14. The number of hydrogen-bond acceptors (Lipinski definition) is 3. The predicted octanol–water partition coefficient (Wildman–Crippen LogP) is 1.74. The predicted molar refractivity (Wildman–Crippen MR) is 67.8 cm³/mol. The highest BCUT2D eigenvalue weighted by Crippen LogP contribution is 2.23. The van der Waals surface area contributed by atoms with Crippen molar-refractivity contribution < 1.29 is 0 Å². The van der Waals surface area contributed by atoms with Crippen LogP contribution in [0.5, 0.6) is 0 Å². The van der Waals surface area contributed by atoms with E-state index in [1.165, 1.54) is 16.7 Å². The van der Waals surface area contributed by atoms with Gasteiger partial charge in [-0.15, -0.1) is 0 Å². The van der Waals surface area contributed by atoms with Crippen LogP contribution in [0.25, 0.3) is 0 Å². The second-order valence-corrected chi connectivity index (χ2v) is 4.36. The highest BCUT2D eigenvalue weighted by molar-refractivity contribution is 5.32. The third-order valence-corrected chi connectivity index (χ3v) is 2.88. The van der Waals surface area contributed by atoms with Gasteiger partial charge in [0.1, 0.15) is 0 Å². The third kappa shape index (κ3) is 2.36. The van der Waals surface area contributed by atoms with E-state index in [0.717, 1.165) is 5.69 Å². The highest BCUT2D eigenvalue weighted by atomic mass is 15.3. The minimum absolute atomic E-state index is 0.149. The zero-order chi connectivity index (χ0) is 12.4. The summed E-state index contributed by atoms with van der Waals surface area (Å²) in [6.45, 7) is 4.09. The van der Waals surface area contributed by atoms with E-state index in [1.807, 2.05) is 38.1 Å². The quantitative estimate of drug-likeness (QED) is 0.873. The lowest BCUT2D eigenvalue weighted by atomic mass is 10.0. The minimum atomic E-state index is 0.149. The topological polar surface area (TPSA) is 42.7 Å². The second-order valence-electron chi connectivity index (χ2n) is 4.36. The number of pyridine rings is 1. The van der Waals surface area contributed by atoms with E-state index in [0.29, 0.717) is 0 Å². The molecule has 0 fully saturated rings. The van der Waals surface area contributed by atoms with E-state index in [2.05, 4.69) is 34.6 Å². The Bertz CT molecular complexity index is 516. The van der Waals surface area contributed by atoms with Gasteiger partial charge in [-0.1, -0.05) is 6.07 Å². The van der Waals surface area contributed by atoms with Crippen LogP contribution < -0.4 is 5.32 Å². The molecule has 0 aliphatic rings. The Morgan fingerprint density at radius 1 is 1.29 bits per heavy atom. The molecule has 1 N–H and O–H groups in total. The first-order chi connectivity index (χ1) is 8.11. The van der Waals surface area contributed by atoms with Crippen LogP contribution in [0, 0.1) is 13.8 Å². The number of hydrogen-bond donors (Lipinski definition) is 1. The molecule has 0 bridgehead atoms. The van der Waals surface area contributed by atoms with Crippen LogP contribution in [0.15, 0.2) is 24.7 Å². The van der Waals surface area contributed by atoms with E-state index in [4.69, 9.17) is 0 Å². The van der Waals surface area contributed by atoms with Gasteiger partial charge >= 0.3 is 0 Å². The molecule has 2 aromatic rings. The molecular formula is C13H18N4. The summed E-state index contributed by atoms with van der Waals surface area (Å²) in [7, 11) is 3.90. The van der Waals surface area contributed by atoms with Crippen molar-refractivity contribution in [3.05, 3.63) is 47.0 Å². The summed E-state index contributed by atoms with van der Waals surface area (Å²) in [5.41, 5.74) is 4.59. The van der Waals surface area contributed by atoms with Crippen molar-refractivity contribution in [1.29, 1.82) is 0 Å². The molecule has 2 heterocycles. The Balaban J connectivity index is 2.43. The third-order valence-electron chi connectivity index (χ3n) is 2.88. The number of rotatable bonds is 3. The van der Waals surface area contributed by atoms with Gasteiger partial charge in [0.2, 0.25) is 0 Å². The summed E-state index contributed by atoms with van der Waals surface area (Å²) in [6, 6.07) is 2.30. The fourth-order valence-corrected chi connectivity index (χ4v) is 2.14. The number of aromatic nitrogens is 3. The van der Waals surface area contributed by atoms with Crippen LogP contribution in [0.1, 0.15) is 28.4 Å². The molecule has 0 saturated carbocycles. The van der Waals surface area contributed by atoms with Crippen LogP contribution in [0.2, 0.25) is 0 Å². The normalized spacial score (nSPS) is 12.7. The van der Waals surface area contributed by atoms with Crippen molar-refractivity contribution in [3.63, 3.8) is 0 Å². The molecule has 4 heteroatoms. The first kappa shape index (κ1) is 11.8. The van der Waals surface area contributed by atoms with Crippen molar-refractivity contribution >= 4 is 0 Å². The lowest BCUT2D eigenvalue weighted by Crippen LogP contribution is -2.18. The molecule has 0 saturated heterocycles. The van der Waals surface area contributed by atoms with Crippen LogP contribution in [-0.4, -0.2) is 21.8 Å². The monoisotopic (exact) mass is 230 g/mol. The zero-order valence-electron chi connectivity index (χ0n) is 10.7. The summed E-state index contributed by atoms with van der Waals surface area (Å²) < 4.78 is 1.85. The molecule has 2 rings (SSSR count). The summed E-state index contributed by atoms with van der Waals surface area (Å²) in [6.07, 6.45) is 5.83. The van der Waals surface area contributed by atoms with Gasteiger partial charge in [0.15, 0.2) is 0 Å². The minimum Gasteiger partial charge on any atom is -0.309 e. The summed E-state index contributed by atoms with van der Waals surface area (Å²) in [5.74, 6) is 0. The molecular weight excluding hydrogens is 212 g/mol. The summed E-state index contributed by atoms with van der Waals surface area (Å²) in [5, 5.41) is 7.71. The first-order valence-electron chi connectivity index (χ1n) is 5.70. The van der Waals surface area contributed by atoms with Gasteiger partial charge in [0.05, 0.1) is 11.7 Å². The van der Waals surface area contributed by atoms with Crippen LogP contribution in [-0.2, 0) is 7.05 Å². The van der Waals surface area contributed by atoms with Crippen molar-refractivity contribution in [2.45, 2.75) is 19.9 Å². The van der Waals surface area contributed by atoms with E-state index >= 15 is 0 Å². The molecule has 0 amide bonds. The molecule has 0 aliphatic carbocycles. The lowest BCUT2D eigenvalue weighted by molar-refractivity contribution is 0.683. The molecule has 0 spiro atoms. The number of aryl methyl sites for hydroxylation is 3. The van der Waals surface area contributed by atoms with Gasteiger partial charge in [-0.3, -0.25) is 9.67 Å². The highest BCUT2D eigenvalue weighted by Gasteiger charge is 2.17. The van der Waals surface area contributed by atoms with Gasteiger partial charge in [-0.2, -0.15) is 5.10 Å². The molecule has 90 valence electrons. The van der Waals surface area contributed by atoms with E-state index in [9.17, 15) is 0 Å². The smallest absolute Gasteiger partial charge is 0.0644 e. The SMILES string of the molecule is CNC(c1cncc(C)c1)c1cn(C)nc1C.